The van der Waals surface area contributed by atoms with E-state index in [0.717, 1.165) is 23.1 Å². The molecular weight excluding hydrogens is 262 g/mol. The molecule has 0 heterocycles. The number of carbonyl (C=O) groups is 1. The van der Waals surface area contributed by atoms with Crippen molar-refractivity contribution in [2.75, 3.05) is 12.4 Å². The third-order valence-corrected chi connectivity index (χ3v) is 4.72. The second-order valence-electron chi connectivity index (χ2n) is 6.52. The summed E-state index contributed by atoms with van der Waals surface area (Å²) >= 11 is 0. The summed E-state index contributed by atoms with van der Waals surface area (Å²) in [4.78, 5) is 11.5. The van der Waals surface area contributed by atoms with Crippen LogP contribution in [0.5, 0.6) is 0 Å². The molecule has 1 aromatic carbocycles. The first kappa shape index (κ1) is 15.9. The molecule has 2 rings (SSSR count). The lowest BCUT2D eigenvalue weighted by molar-refractivity contribution is 0.0600. The molecule has 3 nitrogen and oxygen atoms in total. The molecule has 1 aliphatic carbocycles. The molecule has 116 valence electrons. The standard InChI is InChI=1S/C18H27NO2/c1-12(2)14-5-8-16(9-6-14)19-17-10-7-15(11-13(17)3)18(20)21-4/h7,10-12,14,16,19H,5-6,8-9H2,1-4H3. The Balaban J connectivity index is 1.96. The van der Waals surface area contributed by atoms with Crippen molar-refractivity contribution in [3.63, 3.8) is 0 Å². The van der Waals surface area contributed by atoms with Crippen molar-refractivity contribution in [1.82, 2.24) is 0 Å². The molecule has 0 aliphatic heterocycles. The van der Waals surface area contributed by atoms with Crippen LogP contribution in [-0.2, 0) is 4.74 Å². The molecular formula is C18H27NO2. The minimum absolute atomic E-state index is 0.276. The van der Waals surface area contributed by atoms with E-state index in [4.69, 9.17) is 4.74 Å². The number of rotatable bonds is 4. The van der Waals surface area contributed by atoms with Crippen LogP contribution in [0.1, 0.15) is 55.5 Å². The smallest absolute Gasteiger partial charge is 0.337 e. The summed E-state index contributed by atoms with van der Waals surface area (Å²) in [6, 6.07) is 6.29. The SMILES string of the molecule is COC(=O)c1ccc(NC2CCC(C(C)C)CC2)c(C)c1. The van der Waals surface area contributed by atoms with Crippen LogP contribution in [0.15, 0.2) is 18.2 Å². The maximum absolute atomic E-state index is 11.5. The van der Waals surface area contributed by atoms with E-state index in [9.17, 15) is 4.79 Å². The minimum Gasteiger partial charge on any atom is -0.465 e. The van der Waals surface area contributed by atoms with Gasteiger partial charge in [0, 0.05) is 11.7 Å². The summed E-state index contributed by atoms with van der Waals surface area (Å²) < 4.78 is 4.76. The van der Waals surface area contributed by atoms with Crippen molar-refractivity contribution in [2.24, 2.45) is 11.8 Å². The minimum atomic E-state index is -0.276. The molecule has 1 aliphatic rings. The predicted octanol–water partition coefficient (Wildman–Crippen LogP) is 4.41. The van der Waals surface area contributed by atoms with Gasteiger partial charge in [0.05, 0.1) is 12.7 Å². The summed E-state index contributed by atoms with van der Waals surface area (Å²) in [5.41, 5.74) is 2.85. The Hall–Kier alpha value is -1.51. The number of hydrogen-bond donors (Lipinski definition) is 1. The number of methoxy groups -OCH3 is 1. The van der Waals surface area contributed by atoms with Gasteiger partial charge in [-0.2, -0.15) is 0 Å². The summed E-state index contributed by atoms with van der Waals surface area (Å²) in [5.74, 6) is 1.40. The number of hydrogen-bond acceptors (Lipinski definition) is 3. The topological polar surface area (TPSA) is 38.3 Å². The van der Waals surface area contributed by atoms with Gasteiger partial charge < -0.3 is 10.1 Å². The van der Waals surface area contributed by atoms with Gasteiger partial charge >= 0.3 is 5.97 Å². The second-order valence-corrected chi connectivity index (χ2v) is 6.52. The van der Waals surface area contributed by atoms with Crippen LogP contribution in [0.25, 0.3) is 0 Å². The molecule has 0 atom stereocenters. The molecule has 1 saturated carbocycles. The van der Waals surface area contributed by atoms with Crippen LogP contribution in [0.2, 0.25) is 0 Å². The van der Waals surface area contributed by atoms with Crippen molar-refractivity contribution < 1.29 is 9.53 Å². The molecule has 1 aromatic rings. The fourth-order valence-electron chi connectivity index (χ4n) is 3.22. The van der Waals surface area contributed by atoms with Gasteiger partial charge in [-0.3, -0.25) is 0 Å². The highest BCUT2D eigenvalue weighted by atomic mass is 16.5. The lowest BCUT2D eigenvalue weighted by Crippen LogP contribution is -2.28. The number of aryl methyl sites for hydroxylation is 1. The third kappa shape index (κ3) is 3.99. The van der Waals surface area contributed by atoms with Gasteiger partial charge in [-0.25, -0.2) is 4.79 Å². The van der Waals surface area contributed by atoms with Crippen molar-refractivity contribution in [2.45, 2.75) is 52.5 Å². The molecule has 0 bridgehead atoms. The Bertz CT molecular complexity index is 488. The summed E-state index contributed by atoms with van der Waals surface area (Å²) in [5, 5.41) is 3.64. The zero-order valence-corrected chi connectivity index (χ0v) is 13.6. The molecule has 0 spiro atoms. The largest absolute Gasteiger partial charge is 0.465 e. The van der Waals surface area contributed by atoms with Crippen molar-refractivity contribution in [1.29, 1.82) is 0 Å². The normalized spacial score (nSPS) is 22.1. The van der Waals surface area contributed by atoms with E-state index in [1.54, 1.807) is 0 Å². The molecule has 0 unspecified atom stereocenters. The summed E-state index contributed by atoms with van der Waals surface area (Å²) in [6.45, 7) is 6.69. The first-order chi connectivity index (χ1) is 10.0. The maximum atomic E-state index is 11.5. The second kappa shape index (κ2) is 6.97. The quantitative estimate of drug-likeness (QED) is 0.834. The monoisotopic (exact) mass is 289 g/mol. The van der Waals surface area contributed by atoms with E-state index in [1.165, 1.54) is 32.8 Å². The Morgan fingerprint density at radius 2 is 1.90 bits per heavy atom. The maximum Gasteiger partial charge on any atom is 0.337 e. The number of ether oxygens (including phenoxy) is 1. The highest BCUT2D eigenvalue weighted by molar-refractivity contribution is 5.90. The predicted molar refractivity (Wildman–Crippen MR) is 86.7 cm³/mol. The van der Waals surface area contributed by atoms with E-state index in [0.29, 0.717) is 11.6 Å². The zero-order valence-electron chi connectivity index (χ0n) is 13.6. The first-order valence-corrected chi connectivity index (χ1v) is 7.96. The van der Waals surface area contributed by atoms with Gasteiger partial charge in [0.1, 0.15) is 0 Å². The number of anilines is 1. The lowest BCUT2D eigenvalue weighted by Gasteiger charge is -2.32. The van der Waals surface area contributed by atoms with Gasteiger partial charge in [-0.05, 0) is 68.2 Å². The summed E-state index contributed by atoms with van der Waals surface area (Å²) in [6.07, 6.45) is 5.10. The van der Waals surface area contributed by atoms with Crippen molar-refractivity contribution in [3.05, 3.63) is 29.3 Å². The Morgan fingerprint density at radius 3 is 2.43 bits per heavy atom. The zero-order chi connectivity index (χ0) is 15.4. The van der Waals surface area contributed by atoms with E-state index in [2.05, 4.69) is 19.2 Å². The molecule has 1 N–H and O–H groups in total. The van der Waals surface area contributed by atoms with Crippen LogP contribution in [0.4, 0.5) is 5.69 Å². The van der Waals surface area contributed by atoms with E-state index >= 15 is 0 Å². The van der Waals surface area contributed by atoms with Crippen LogP contribution >= 0.6 is 0 Å². The number of esters is 1. The highest BCUT2D eigenvalue weighted by Gasteiger charge is 2.23. The summed E-state index contributed by atoms with van der Waals surface area (Å²) in [7, 11) is 1.41. The average molecular weight is 289 g/mol. The number of carbonyl (C=O) groups excluding carboxylic acids is 1. The molecule has 0 amide bonds. The van der Waals surface area contributed by atoms with E-state index in [1.807, 2.05) is 25.1 Å². The molecule has 21 heavy (non-hydrogen) atoms. The van der Waals surface area contributed by atoms with Gasteiger partial charge in [0.25, 0.3) is 0 Å². The van der Waals surface area contributed by atoms with Gasteiger partial charge in [0.15, 0.2) is 0 Å². The van der Waals surface area contributed by atoms with Crippen LogP contribution in [0, 0.1) is 18.8 Å². The first-order valence-electron chi connectivity index (χ1n) is 7.96. The van der Waals surface area contributed by atoms with Crippen LogP contribution in [0.3, 0.4) is 0 Å². The van der Waals surface area contributed by atoms with Gasteiger partial charge in [0.2, 0.25) is 0 Å². The molecule has 0 radical (unpaired) electrons. The fourth-order valence-corrected chi connectivity index (χ4v) is 3.22. The van der Waals surface area contributed by atoms with Crippen molar-refractivity contribution in [3.8, 4) is 0 Å². The molecule has 0 saturated heterocycles. The van der Waals surface area contributed by atoms with E-state index < -0.39 is 0 Å². The van der Waals surface area contributed by atoms with E-state index in [-0.39, 0.29) is 5.97 Å². The Labute approximate surface area is 128 Å². The third-order valence-electron chi connectivity index (χ3n) is 4.72. The van der Waals surface area contributed by atoms with Gasteiger partial charge in [-0.1, -0.05) is 13.8 Å². The lowest BCUT2D eigenvalue weighted by atomic mass is 9.79. The fraction of sp³-hybridized carbons (Fsp3) is 0.611. The highest BCUT2D eigenvalue weighted by Crippen LogP contribution is 2.31. The average Bonchev–Trinajstić information content (AvgIpc) is 2.49. The van der Waals surface area contributed by atoms with Crippen molar-refractivity contribution >= 4 is 11.7 Å². The Morgan fingerprint density at radius 1 is 1.24 bits per heavy atom. The Kier molecular flexibility index (Phi) is 5.27. The van der Waals surface area contributed by atoms with Crippen LogP contribution in [-0.4, -0.2) is 19.1 Å². The number of nitrogens with one attached hydrogen (secondary N) is 1. The van der Waals surface area contributed by atoms with Gasteiger partial charge in [-0.15, -0.1) is 0 Å². The molecule has 3 heteroatoms. The number of benzene rings is 1. The van der Waals surface area contributed by atoms with Crippen LogP contribution < -0.4 is 5.32 Å². The molecule has 1 fully saturated rings. The molecule has 0 aromatic heterocycles.